The smallest absolute Gasteiger partial charge is 0.251 e. The van der Waals surface area contributed by atoms with E-state index >= 15 is 0 Å². The van der Waals surface area contributed by atoms with Crippen molar-refractivity contribution >= 4 is 26.8 Å². The van der Waals surface area contributed by atoms with Gasteiger partial charge in [0, 0.05) is 43.2 Å². The first-order chi connectivity index (χ1) is 13.7. The number of ether oxygens (including phenoxy) is 1. The number of para-hydroxylation sites is 1. The van der Waals surface area contributed by atoms with Gasteiger partial charge in [-0.1, -0.05) is 18.2 Å². The Morgan fingerprint density at radius 1 is 1.14 bits per heavy atom. The minimum atomic E-state index is -3.79. The number of sulfonamides is 1. The quantitative estimate of drug-likeness (QED) is 0.637. The number of benzene rings is 2. The first kappa shape index (κ1) is 20.6. The van der Waals surface area contributed by atoms with Crippen LogP contribution in [0.3, 0.4) is 0 Å². The van der Waals surface area contributed by atoms with Crippen molar-refractivity contribution in [3.63, 3.8) is 0 Å². The van der Waals surface area contributed by atoms with Crippen LogP contribution in [0.15, 0.2) is 58.2 Å². The fourth-order valence-electron chi connectivity index (χ4n) is 2.92. The lowest BCUT2D eigenvalue weighted by atomic mass is 10.1. The van der Waals surface area contributed by atoms with E-state index in [2.05, 4.69) is 10.3 Å². The number of carbonyl (C=O) groups excluding carboxylic acids is 1. The van der Waals surface area contributed by atoms with Crippen molar-refractivity contribution in [2.75, 3.05) is 21.2 Å². The molecular weight excluding hydrogens is 394 g/mol. The fourth-order valence-corrected chi connectivity index (χ4v) is 3.99. The van der Waals surface area contributed by atoms with Gasteiger partial charge in [-0.05, 0) is 29.8 Å². The summed E-state index contributed by atoms with van der Waals surface area (Å²) in [7, 11) is 0.373. The predicted octanol–water partition coefficient (Wildman–Crippen LogP) is 1.72. The topological polar surface area (TPSA) is 109 Å². The number of amides is 1. The van der Waals surface area contributed by atoms with Crippen molar-refractivity contribution in [3.8, 4) is 5.75 Å². The minimum absolute atomic E-state index is 0.0979. The number of aromatic nitrogens is 1. The highest BCUT2D eigenvalue weighted by Crippen LogP contribution is 2.27. The molecule has 1 heterocycles. The molecule has 0 fully saturated rings. The molecule has 8 nitrogen and oxygen atoms in total. The van der Waals surface area contributed by atoms with Gasteiger partial charge in [-0.3, -0.25) is 9.59 Å². The molecule has 2 N–H and O–H groups in total. The van der Waals surface area contributed by atoms with Crippen LogP contribution < -0.4 is 15.6 Å². The maximum Gasteiger partial charge on any atom is 0.251 e. The number of nitrogens with zero attached hydrogens (tertiary/aromatic N) is 1. The third-order valence-electron chi connectivity index (χ3n) is 4.46. The number of H-pyrrole nitrogens is 1. The Morgan fingerprint density at radius 2 is 1.86 bits per heavy atom. The number of rotatable bonds is 6. The summed E-state index contributed by atoms with van der Waals surface area (Å²) < 4.78 is 31.2. The molecule has 0 spiro atoms. The van der Waals surface area contributed by atoms with E-state index < -0.39 is 15.9 Å². The molecule has 2 aromatic carbocycles. The first-order valence-corrected chi connectivity index (χ1v) is 10.2. The standard InChI is InChI=1S/C20H21N3O5S/c1-23(2)29(26,27)18-10-13(8-9-17(18)28-3)20(25)21-12-14-11-19(24)22-16-7-5-4-6-15(14)16/h4-11H,12H2,1-3H3,(H,21,25)(H,22,24). The maximum atomic E-state index is 12.6. The summed E-state index contributed by atoms with van der Waals surface area (Å²) in [5, 5.41) is 3.56. The lowest BCUT2D eigenvalue weighted by Crippen LogP contribution is -2.26. The van der Waals surface area contributed by atoms with E-state index in [1.165, 1.54) is 45.5 Å². The van der Waals surface area contributed by atoms with E-state index in [0.717, 1.165) is 9.69 Å². The van der Waals surface area contributed by atoms with Crippen molar-refractivity contribution in [2.45, 2.75) is 11.4 Å². The van der Waals surface area contributed by atoms with Crippen molar-refractivity contribution in [1.82, 2.24) is 14.6 Å². The molecule has 9 heteroatoms. The van der Waals surface area contributed by atoms with Crippen LogP contribution in [0, 0.1) is 0 Å². The molecule has 0 saturated heterocycles. The lowest BCUT2D eigenvalue weighted by molar-refractivity contribution is 0.0951. The van der Waals surface area contributed by atoms with Crippen LogP contribution in [0.4, 0.5) is 0 Å². The molecule has 0 aliphatic heterocycles. The van der Waals surface area contributed by atoms with Gasteiger partial charge in [0.25, 0.3) is 5.91 Å². The summed E-state index contributed by atoms with van der Waals surface area (Å²) in [6.07, 6.45) is 0. The Kier molecular flexibility index (Phi) is 5.71. The zero-order chi connectivity index (χ0) is 21.2. The summed E-state index contributed by atoms with van der Waals surface area (Å²) in [4.78, 5) is 27.1. The molecule has 0 saturated carbocycles. The monoisotopic (exact) mass is 415 g/mol. The number of aromatic amines is 1. The van der Waals surface area contributed by atoms with Gasteiger partial charge in [0.2, 0.25) is 15.6 Å². The number of hydrogen-bond donors (Lipinski definition) is 2. The number of hydrogen-bond acceptors (Lipinski definition) is 5. The molecule has 0 atom stereocenters. The van der Waals surface area contributed by atoms with E-state index in [0.29, 0.717) is 11.1 Å². The third kappa shape index (κ3) is 4.15. The second-order valence-electron chi connectivity index (χ2n) is 6.54. The van der Waals surface area contributed by atoms with Crippen molar-refractivity contribution in [1.29, 1.82) is 0 Å². The average molecular weight is 415 g/mol. The Balaban J connectivity index is 1.90. The van der Waals surface area contributed by atoms with Crippen LogP contribution in [0.25, 0.3) is 10.9 Å². The molecule has 1 aromatic heterocycles. The normalized spacial score (nSPS) is 11.6. The lowest BCUT2D eigenvalue weighted by Gasteiger charge is -2.15. The number of fused-ring (bicyclic) bond motifs is 1. The van der Waals surface area contributed by atoms with Gasteiger partial charge in [0.15, 0.2) is 0 Å². The molecule has 29 heavy (non-hydrogen) atoms. The summed E-state index contributed by atoms with van der Waals surface area (Å²) in [6, 6.07) is 12.9. The van der Waals surface area contributed by atoms with Crippen molar-refractivity contribution in [2.24, 2.45) is 0 Å². The van der Waals surface area contributed by atoms with E-state index in [9.17, 15) is 18.0 Å². The summed E-state index contributed by atoms with van der Waals surface area (Å²) in [5.74, 6) is -0.317. The largest absolute Gasteiger partial charge is 0.495 e. The molecule has 0 unspecified atom stereocenters. The Hall–Kier alpha value is -3.17. The SMILES string of the molecule is COc1ccc(C(=O)NCc2cc(=O)[nH]c3ccccc23)cc1S(=O)(=O)N(C)C. The minimum Gasteiger partial charge on any atom is -0.495 e. The summed E-state index contributed by atoms with van der Waals surface area (Å²) in [5.41, 5.74) is 1.23. The first-order valence-electron chi connectivity index (χ1n) is 8.73. The molecule has 1 amide bonds. The fraction of sp³-hybridized carbons (Fsp3) is 0.200. The van der Waals surface area contributed by atoms with Crippen LogP contribution in [0.2, 0.25) is 0 Å². The van der Waals surface area contributed by atoms with Crippen molar-refractivity contribution in [3.05, 3.63) is 70.0 Å². The van der Waals surface area contributed by atoms with E-state index in [4.69, 9.17) is 4.74 Å². The molecule has 0 radical (unpaired) electrons. The zero-order valence-corrected chi connectivity index (χ0v) is 17.0. The van der Waals surface area contributed by atoms with Crippen LogP contribution in [0.1, 0.15) is 15.9 Å². The molecule has 0 bridgehead atoms. The van der Waals surface area contributed by atoms with Crippen molar-refractivity contribution < 1.29 is 17.9 Å². The van der Waals surface area contributed by atoms with Gasteiger partial charge >= 0.3 is 0 Å². The van der Waals surface area contributed by atoms with E-state index in [-0.39, 0.29) is 28.3 Å². The van der Waals surface area contributed by atoms with Gasteiger partial charge in [0.1, 0.15) is 10.6 Å². The molecule has 0 aliphatic rings. The summed E-state index contributed by atoms with van der Waals surface area (Å²) >= 11 is 0. The van der Waals surface area contributed by atoms with Gasteiger partial charge in [-0.25, -0.2) is 12.7 Å². The molecule has 152 valence electrons. The van der Waals surface area contributed by atoms with Crippen LogP contribution in [-0.4, -0.2) is 44.8 Å². The molecule has 0 aliphatic carbocycles. The number of nitrogens with one attached hydrogen (secondary N) is 2. The maximum absolute atomic E-state index is 12.6. The van der Waals surface area contributed by atoms with Gasteiger partial charge in [-0.15, -0.1) is 0 Å². The number of methoxy groups -OCH3 is 1. The van der Waals surface area contributed by atoms with Crippen LogP contribution in [-0.2, 0) is 16.6 Å². The second kappa shape index (κ2) is 8.06. The van der Waals surface area contributed by atoms with Crippen LogP contribution >= 0.6 is 0 Å². The highest BCUT2D eigenvalue weighted by Gasteiger charge is 2.24. The Morgan fingerprint density at radius 3 is 2.55 bits per heavy atom. The number of pyridine rings is 1. The zero-order valence-electron chi connectivity index (χ0n) is 16.2. The summed E-state index contributed by atoms with van der Waals surface area (Å²) in [6.45, 7) is 0.116. The third-order valence-corrected chi connectivity index (χ3v) is 6.30. The van der Waals surface area contributed by atoms with E-state index in [1.54, 1.807) is 6.07 Å². The van der Waals surface area contributed by atoms with E-state index in [1.807, 2.05) is 18.2 Å². The second-order valence-corrected chi connectivity index (χ2v) is 8.66. The molecule has 3 aromatic rings. The highest BCUT2D eigenvalue weighted by molar-refractivity contribution is 7.89. The van der Waals surface area contributed by atoms with Gasteiger partial charge < -0.3 is 15.0 Å². The molecule has 3 rings (SSSR count). The Labute approximate surface area is 168 Å². The number of carbonyl (C=O) groups is 1. The Bertz CT molecular complexity index is 1230. The van der Waals surface area contributed by atoms with Crippen LogP contribution in [0.5, 0.6) is 5.75 Å². The highest BCUT2D eigenvalue weighted by atomic mass is 32.2. The molecular formula is C20H21N3O5S. The predicted molar refractivity (Wildman–Crippen MR) is 110 cm³/mol. The van der Waals surface area contributed by atoms with Gasteiger partial charge in [0.05, 0.1) is 7.11 Å². The average Bonchev–Trinajstić information content (AvgIpc) is 2.70. The van der Waals surface area contributed by atoms with Gasteiger partial charge in [-0.2, -0.15) is 0 Å².